The van der Waals surface area contributed by atoms with Gasteiger partial charge in [-0.3, -0.25) is 4.98 Å². The molecule has 0 unspecified atom stereocenters. The van der Waals surface area contributed by atoms with Gasteiger partial charge in [0.25, 0.3) is 0 Å². The third-order valence-electron chi connectivity index (χ3n) is 1.23. The fourth-order valence-electron chi connectivity index (χ4n) is 0.696. The van der Waals surface area contributed by atoms with Crippen molar-refractivity contribution in [2.75, 3.05) is 7.11 Å². The molecule has 0 spiro atoms. The molecule has 0 aliphatic rings. The van der Waals surface area contributed by atoms with Crippen LogP contribution in [0.3, 0.4) is 0 Å². The Morgan fingerprint density at radius 2 is 2.30 bits per heavy atom. The lowest BCUT2D eigenvalue weighted by molar-refractivity contribution is 0.409. The van der Waals surface area contributed by atoms with Crippen molar-refractivity contribution in [3.05, 3.63) is 21.5 Å². The summed E-state index contributed by atoms with van der Waals surface area (Å²) in [6.45, 7) is 1.93. The molecule has 0 aliphatic heterocycles. The molecule has 0 fully saturated rings. The van der Waals surface area contributed by atoms with Crippen LogP contribution in [0.25, 0.3) is 0 Å². The Morgan fingerprint density at radius 1 is 1.60 bits per heavy atom. The number of hydrogen-bond acceptors (Lipinski definition) is 2. The molecule has 0 saturated carbocycles. The summed E-state index contributed by atoms with van der Waals surface area (Å²) < 4.78 is 6.16. The van der Waals surface area contributed by atoms with E-state index in [4.69, 9.17) is 4.74 Å². The van der Waals surface area contributed by atoms with Gasteiger partial charge in [-0.1, -0.05) is 0 Å². The third-order valence-corrected chi connectivity index (χ3v) is 1.82. The minimum absolute atomic E-state index is 0.854. The van der Waals surface area contributed by atoms with E-state index in [2.05, 4.69) is 27.6 Å². The maximum atomic E-state index is 5.06. The molecule has 10 heavy (non-hydrogen) atoms. The maximum Gasteiger partial charge on any atom is 0.141 e. The Kier molecular flexibility index (Phi) is 2.48. The number of methoxy groups -OCH3 is 1. The van der Waals surface area contributed by atoms with E-state index in [0.717, 1.165) is 15.0 Å². The zero-order valence-corrected chi connectivity index (χ0v) is 8.05. The molecule has 0 aromatic carbocycles. The Hall–Kier alpha value is -0.320. The van der Waals surface area contributed by atoms with Crippen LogP contribution in [0.15, 0.2) is 12.3 Å². The molecular formula is C7H8INO. The molecule has 0 atom stereocenters. The summed E-state index contributed by atoms with van der Waals surface area (Å²) in [5, 5.41) is 0. The third kappa shape index (κ3) is 1.59. The number of rotatable bonds is 1. The van der Waals surface area contributed by atoms with Gasteiger partial charge in [0.05, 0.1) is 12.8 Å². The average Bonchev–Trinajstić information content (AvgIpc) is 1.94. The van der Waals surface area contributed by atoms with Crippen molar-refractivity contribution >= 4 is 22.6 Å². The number of aryl methyl sites for hydroxylation is 1. The van der Waals surface area contributed by atoms with Crippen LogP contribution >= 0.6 is 22.6 Å². The molecule has 1 aromatic rings. The summed E-state index contributed by atoms with van der Waals surface area (Å²) in [6.07, 6.45) is 1.82. The minimum atomic E-state index is 0.854. The molecule has 0 radical (unpaired) electrons. The standard InChI is InChI=1S/C7H8INO/c1-5-7(10-2)3-6(8)4-9-5/h3-4H,1-2H3. The normalized spacial score (nSPS) is 9.50. The van der Waals surface area contributed by atoms with Crippen LogP contribution in [-0.2, 0) is 0 Å². The van der Waals surface area contributed by atoms with Crippen LogP contribution in [0.1, 0.15) is 5.69 Å². The highest BCUT2D eigenvalue weighted by Gasteiger charge is 1.97. The first kappa shape index (κ1) is 7.78. The molecule has 0 aliphatic carbocycles. The molecule has 0 bridgehead atoms. The second kappa shape index (κ2) is 3.18. The molecular weight excluding hydrogens is 241 g/mol. The molecule has 3 heteroatoms. The summed E-state index contributed by atoms with van der Waals surface area (Å²) in [6, 6.07) is 1.96. The van der Waals surface area contributed by atoms with Gasteiger partial charge in [-0.25, -0.2) is 0 Å². The molecule has 1 rings (SSSR count). The molecule has 1 heterocycles. The topological polar surface area (TPSA) is 22.1 Å². The minimum Gasteiger partial charge on any atom is -0.495 e. The Balaban J connectivity index is 3.09. The van der Waals surface area contributed by atoms with Crippen molar-refractivity contribution in [3.8, 4) is 5.75 Å². The molecule has 0 N–H and O–H groups in total. The van der Waals surface area contributed by atoms with Gasteiger partial charge in [-0.15, -0.1) is 0 Å². The summed E-state index contributed by atoms with van der Waals surface area (Å²) in [7, 11) is 1.65. The Morgan fingerprint density at radius 3 is 2.80 bits per heavy atom. The number of aromatic nitrogens is 1. The summed E-state index contributed by atoms with van der Waals surface area (Å²) in [5.41, 5.74) is 0.933. The van der Waals surface area contributed by atoms with Gasteiger partial charge < -0.3 is 4.74 Å². The van der Waals surface area contributed by atoms with Crippen molar-refractivity contribution in [2.24, 2.45) is 0 Å². The number of ether oxygens (including phenoxy) is 1. The van der Waals surface area contributed by atoms with E-state index in [1.54, 1.807) is 7.11 Å². The van der Waals surface area contributed by atoms with E-state index < -0.39 is 0 Å². The van der Waals surface area contributed by atoms with E-state index in [0.29, 0.717) is 0 Å². The van der Waals surface area contributed by atoms with Gasteiger partial charge in [0.15, 0.2) is 0 Å². The smallest absolute Gasteiger partial charge is 0.141 e. The van der Waals surface area contributed by atoms with Crippen molar-refractivity contribution < 1.29 is 4.74 Å². The van der Waals surface area contributed by atoms with Crippen molar-refractivity contribution in [2.45, 2.75) is 6.92 Å². The highest BCUT2D eigenvalue weighted by molar-refractivity contribution is 14.1. The van der Waals surface area contributed by atoms with E-state index in [9.17, 15) is 0 Å². The predicted molar refractivity (Wildman–Crippen MR) is 48.2 cm³/mol. The van der Waals surface area contributed by atoms with Gasteiger partial charge in [0.1, 0.15) is 5.75 Å². The fraction of sp³-hybridized carbons (Fsp3) is 0.286. The first-order valence-electron chi connectivity index (χ1n) is 2.90. The van der Waals surface area contributed by atoms with E-state index in [-0.39, 0.29) is 0 Å². The first-order valence-corrected chi connectivity index (χ1v) is 3.98. The Labute approximate surface area is 73.8 Å². The first-order chi connectivity index (χ1) is 4.74. The average molecular weight is 249 g/mol. The molecule has 54 valence electrons. The van der Waals surface area contributed by atoms with Crippen molar-refractivity contribution in [3.63, 3.8) is 0 Å². The second-order valence-corrected chi connectivity index (χ2v) is 3.19. The van der Waals surface area contributed by atoms with Crippen LogP contribution in [0, 0.1) is 10.5 Å². The lowest BCUT2D eigenvalue weighted by atomic mass is 10.3. The lowest BCUT2D eigenvalue weighted by Crippen LogP contribution is -1.90. The van der Waals surface area contributed by atoms with Crippen LogP contribution in [0.2, 0.25) is 0 Å². The lowest BCUT2D eigenvalue weighted by Gasteiger charge is -2.01. The SMILES string of the molecule is COc1cc(I)cnc1C. The quantitative estimate of drug-likeness (QED) is 0.710. The molecule has 0 amide bonds. The highest BCUT2D eigenvalue weighted by atomic mass is 127. The monoisotopic (exact) mass is 249 g/mol. The van der Waals surface area contributed by atoms with Gasteiger partial charge >= 0.3 is 0 Å². The molecule has 1 aromatic heterocycles. The fourth-order valence-corrected chi connectivity index (χ4v) is 1.12. The van der Waals surface area contributed by atoms with Crippen molar-refractivity contribution in [1.29, 1.82) is 0 Å². The Bertz CT molecular complexity index is 237. The summed E-state index contributed by atoms with van der Waals surface area (Å²) in [5.74, 6) is 0.854. The van der Waals surface area contributed by atoms with Crippen LogP contribution in [0.4, 0.5) is 0 Å². The second-order valence-electron chi connectivity index (χ2n) is 1.94. The molecule has 0 saturated heterocycles. The van der Waals surface area contributed by atoms with E-state index >= 15 is 0 Å². The summed E-state index contributed by atoms with van der Waals surface area (Å²) >= 11 is 2.20. The number of pyridine rings is 1. The van der Waals surface area contributed by atoms with E-state index in [1.807, 2.05) is 19.2 Å². The highest BCUT2D eigenvalue weighted by Crippen LogP contribution is 2.16. The molecule has 2 nitrogen and oxygen atoms in total. The van der Waals surface area contributed by atoms with Crippen LogP contribution in [0.5, 0.6) is 5.75 Å². The van der Waals surface area contributed by atoms with Gasteiger partial charge in [-0.05, 0) is 35.6 Å². The van der Waals surface area contributed by atoms with Gasteiger partial charge in [0.2, 0.25) is 0 Å². The maximum absolute atomic E-state index is 5.06. The summed E-state index contributed by atoms with van der Waals surface area (Å²) in [4.78, 5) is 4.12. The number of nitrogens with zero attached hydrogens (tertiary/aromatic N) is 1. The van der Waals surface area contributed by atoms with Gasteiger partial charge in [-0.2, -0.15) is 0 Å². The van der Waals surface area contributed by atoms with Crippen LogP contribution < -0.4 is 4.74 Å². The number of hydrogen-bond donors (Lipinski definition) is 0. The predicted octanol–water partition coefficient (Wildman–Crippen LogP) is 2.00. The van der Waals surface area contributed by atoms with Gasteiger partial charge in [0, 0.05) is 9.77 Å². The number of halogens is 1. The largest absolute Gasteiger partial charge is 0.495 e. The zero-order chi connectivity index (χ0) is 7.56. The van der Waals surface area contributed by atoms with E-state index in [1.165, 1.54) is 0 Å². The zero-order valence-electron chi connectivity index (χ0n) is 5.89. The van der Waals surface area contributed by atoms with Crippen molar-refractivity contribution in [1.82, 2.24) is 4.98 Å². The van der Waals surface area contributed by atoms with Crippen LogP contribution in [-0.4, -0.2) is 12.1 Å².